The third-order valence-corrected chi connectivity index (χ3v) is 4.44. The molecule has 90 valence electrons. The highest BCUT2D eigenvalue weighted by molar-refractivity contribution is 14.1. The first-order valence-electron chi connectivity index (χ1n) is 5.58. The van der Waals surface area contributed by atoms with Gasteiger partial charge in [-0.15, -0.1) is 0 Å². The number of hydrogen-bond donors (Lipinski definition) is 0. The van der Waals surface area contributed by atoms with Crippen LogP contribution in [-0.2, 0) is 0 Å². The number of thioether (sulfide) groups is 1. The van der Waals surface area contributed by atoms with Crippen LogP contribution < -0.4 is 0 Å². The lowest BCUT2D eigenvalue weighted by Crippen LogP contribution is -2.29. The predicted molar refractivity (Wildman–Crippen MR) is 77.6 cm³/mol. The number of hydrazine groups is 1. The van der Waals surface area contributed by atoms with Crippen LogP contribution in [0.3, 0.4) is 0 Å². The van der Waals surface area contributed by atoms with Gasteiger partial charge in [-0.1, -0.05) is 11.8 Å². The zero-order valence-corrected chi connectivity index (χ0v) is 12.5. The molecule has 0 N–H and O–H groups in total. The van der Waals surface area contributed by atoms with Crippen LogP contribution >= 0.6 is 34.4 Å². The van der Waals surface area contributed by atoms with E-state index in [2.05, 4.69) is 42.6 Å². The average Bonchev–Trinajstić information content (AvgIpc) is 2.88. The van der Waals surface area contributed by atoms with Crippen LogP contribution in [0.1, 0.15) is 12.1 Å². The van der Waals surface area contributed by atoms with E-state index in [1.165, 1.54) is 15.7 Å². The van der Waals surface area contributed by atoms with Crippen LogP contribution in [-0.4, -0.2) is 45.9 Å². The molecule has 1 fully saturated rings. The maximum Gasteiger partial charge on any atom is 0.187 e. The van der Waals surface area contributed by atoms with Gasteiger partial charge in [-0.3, -0.25) is 0 Å². The Kier molecular flexibility index (Phi) is 3.27. The first kappa shape index (κ1) is 11.7. The smallest absolute Gasteiger partial charge is 0.187 e. The average molecular weight is 360 g/mol. The molecule has 1 aromatic rings. The van der Waals surface area contributed by atoms with Crippen LogP contribution in [0.2, 0.25) is 0 Å². The first-order valence-corrected chi connectivity index (χ1v) is 7.88. The molecule has 0 saturated carbocycles. The Bertz CT molecular complexity index is 476. The summed E-state index contributed by atoms with van der Waals surface area (Å²) in [4.78, 5) is 8.84. The van der Waals surface area contributed by atoms with Crippen molar-refractivity contribution < 1.29 is 0 Å². The van der Waals surface area contributed by atoms with Crippen molar-refractivity contribution in [3.05, 3.63) is 21.5 Å². The van der Waals surface area contributed by atoms with Gasteiger partial charge in [-0.25, -0.2) is 15.0 Å². The van der Waals surface area contributed by atoms with Crippen molar-refractivity contribution in [3.8, 4) is 0 Å². The van der Waals surface area contributed by atoms with Gasteiger partial charge in [0, 0.05) is 22.9 Å². The number of fused-ring (bicyclic) bond motifs is 1. The molecular weight excluding hydrogens is 347 g/mol. The van der Waals surface area contributed by atoms with Crippen LogP contribution in [0.15, 0.2) is 21.0 Å². The fraction of sp³-hybridized carbons (Fsp3) is 0.455. The van der Waals surface area contributed by atoms with E-state index in [0.717, 1.165) is 30.5 Å². The Hall–Kier alpha value is -0.340. The standard InChI is InChI=1S/C11H13IN4S/c1-17-11-13-4-3-9(14-11)10-8(12)7-15-5-2-6-16(10)15/h3-4H,2,5-7H2,1H3. The summed E-state index contributed by atoms with van der Waals surface area (Å²) in [6.07, 6.45) is 5.10. The normalized spacial score (nSPS) is 20.2. The van der Waals surface area contributed by atoms with Gasteiger partial charge < -0.3 is 5.01 Å². The predicted octanol–water partition coefficient (Wildman–Crippen LogP) is 2.24. The summed E-state index contributed by atoms with van der Waals surface area (Å²) in [5.74, 6) is 0. The molecule has 6 heteroatoms. The van der Waals surface area contributed by atoms with Gasteiger partial charge in [0.2, 0.25) is 0 Å². The van der Waals surface area contributed by atoms with Gasteiger partial charge in [0.15, 0.2) is 5.16 Å². The van der Waals surface area contributed by atoms with E-state index in [1.807, 2.05) is 18.5 Å². The Morgan fingerprint density at radius 3 is 3.12 bits per heavy atom. The van der Waals surface area contributed by atoms with Crippen LogP contribution in [0.5, 0.6) is 0 Å². The zero-order valence-electron chi connectivity index (χ0n) is 9.56. The molecule has 17 heavy (non-hydrogen) atoms. The van der Waals surface area contributed by atoms with Crippen molar-refractivity contribution in [1.82, 2.24) is 20.0 Å². The minimum Gasteiger partial charge on any atom is -0.302 e. The third kappa shape index (κ3) is 2.06. The lowest BCUT2D eigenvalue weighted by Gasteiger charge is -2.23. The molecule has 0 aliphatic carbocycles. The second-order valence-electron chi connectivity index (χ2n) is 4.05. The second kappa shape index (κ2) is 4.74. The molecule has 0 amide bonds. The Morgan fingerprint density at radius 2 is 2.29 bits per heavy atom. The number of nitrogens with zero attached hydrogens (tertiary/aromatic N) is 4. The highest BCUT2D eigenvalue weighted by Crippen LogP contribution is 2.36. The summed E-state index contributed by atoms with van der Waals surface area (Å²) in [6.45, 7) is 3.31. The monoisotopic (exact) mass is 360 g/mol. The number of aromatic nitrogens is 2. The molecule has 3 heterocycles. The van der Waals surface area contributed by atoms with Gasteiger partial charge in [0.25, 0.3) is 0 Å². The maximum atomic E-state index is 4.60. The van der Waals surface area contributed by atoms with Gasteiger partial charge in [0.05, 0.1) is 17.9 Å². The Balaban J connectivity index is 1.99. The van der Waals surface area contributed by atoms with Gasteiger partial charge in [-0.2, -0.15) is 0 Å². The van der Waals surface area contributed by atoms with Crippen molar-refractivity contribution in [1.29, 1.82) is 0 Å². The van der Waals surface area contributed by atoms with Crippen molar-refractivity contribution in [2.75, 3.05) is 25.9 Å². The molecule has 1 aromatic heterocycles. The SMILES string of the molecule is CSc1nccc(C2=C(I)CN3CCCN23)n1. The van der Waals surface area contributed by atoms with Crippen LogP contribution in [0.4, 0.5) is 0 Å². The van der Waals surface area contributed by atoms with Crippen LogP contribution in [0, 0.1) is 0 Å². The second-order valence-corrected chi connectivity index (χ2v) is 6.12. The van der Waals surface area contributed by atoms with Gasteiger partial charge in [0.1, 0.15) is 0 Å². The van der Waals surface area contributed by atoms with E-state index in [4.69, 9.17) is 0 Å². The van der Waals surface area contributed by atoms with Crippen molar-refractivity contribution in [3.63, 3.8) is 0 Å². The lowest BCUT2D eigenvalue weighted by molar-refractivity contribution is 0.128. The third-order valence-electron chi connectivity index (χ3n) is 3.02. The largest absolute Gasteiger partial charge is 0.302 e. The van der Waals surface area contributed by atoms with Gasteiger partial charge >= 0.3 is 0 Å². The summed E-state index contributed by atoms with van der Waals surface area (Å²) >= 11 is 4.03. The highest BCUT2D eigenvalue weighted by atomic mass is 127. The fourth-order valence-corrected chi connectivity index (χ4v) is 3.60. The summed E-state index contributed by atoms with van der Waals surface area (Å²) in [5.41, 5.74) is 2.33. The van der Waals surface area contributed by atoms with Crippen molar-refractivity contribution in [2.24, 2.45) is 0 Å². The maximum absolute atomic E-state index is 4.60. The van der Waals surface area contributed by atoms with Crippen LogP contribution in [0.25, 0.3) is 5.70 Å². The molecule has 1 saturated heterocycles. The summed E-state index contributed by atoms with van der Waals surface area (Å²) in [6, 6.07) is 2.01. The molecule has 0 aromatic carbocycles. The number of hydrogen-bond acceptors (Lipinski definition) is 5. The Morgan fingerprint density at radius 1 is 1.41 bits per heavy atom. The molecular formula is C11H13IN4S. The molecule has 0 spiro atoms. The minimum atomic E-state index is 0.844. The van der Waals surface area contributed by atoms with E-state index in [0.29, 0.717) is 0 Å². The molecule has 2 aliphatic rings. The molecule has 0 unspecified atom stereocenters. The molecule has 0 radical (unpaired) electrons. The molecule has 2 aliphatic heterocycles. The summed E-state index contributed by atoms with van der Waals surface area (Å²) in [7, 11) is 0. The summed E-state index contributed by atoms with van der Waals surface area (Å²) in [5, 5.41) is 5.61. The van der Waals surface area contributed by atoms with Crippen molar-refractivity contribution >= 4 is 40.0 Å². The van der Waals surface area contributed by atoms with Crippen molar-refractivity contribution in [2.45, 2.75) is 11.6 Å². The fourth-order valence-electron chi connectivity index (χ4n) is 2.30. The minimum absolute atomic E-state index is 0.844. The van der Waals surface area contributed by atoms with Gasteiger partial charge in [-0.05, 0) is 41.3 Å². The number of rotatable bonds is 2. The van der Waals surface area contributed by atoms with E-state index in [1.54, 1.807) is 11.8 Å². The first-order chi connectivity index (χ1) is 8.29. The van der Waals surface area contributed by atoms with E-state index in [-0.39, 0.29) is 0 Å². The summed E-state index contributed by atoms with van der Waals surface area (Å²) < 4.78 is 1.38. The molecule has 0 bridgehead atoms. The molecule has 0 atom stereocenters. The lowest BCUT2D eigenvalue weighted by atomic mass is 10.2. The molecule has 3 rings (SSSR count). The Labute approximate surface area is 119 Å². The number of halogens is 1. The van der Waals surface area contributed by atoms with E-state index in [9.17, 15) is 0 Å². The highest BCUT2D eigenvalue weighted by Gasteiger charge is 2.33. The topological polar surface area (TPSA) is 32.3 Å². The van der Waals surface area contributed by atoms with E-state index < -0.39 is 0 Å². The zero-order chi connectivity index (χ0) is 11.8. The van der Waals surface area contributed by atoms with E-state index >= 15 is 0 Å². The molecule has 4 nitrogen and oxygen atoms in total. The quantitative estimate of drug-likeness (QED) is 0.459.